The van der Waals surface area contributed by atoms with Crippen LogP contribution < -0.4 is 5.32 Å². The predicted octanol–water partition coefficient (Wildman–Crippen LogP) is 3.05. The van der Waals surface area contributed by atoms with E-state index in [1.807, 2.05) is 19.9 Å². The summed E-state index contributed by atoms with van der Waals surface area (Å²) in [4.78, 5) is 26.1. The van der Waals surface area contributed by atoms with Gasteiger partial charge in [-0.25, -0.2) is 9.78 Å². The number of nitrogens with one attached hydrogen (secondary N) is 1. The monoisotopic (exact) mass is 329 g/mol. The Morgan fingerprint density at radius 1 is 1.33 bits per heavy atom. The maximum Gasteiger partial charge on any atom is 0.339 e. The van der Waals surface area contributed by atoms with Crippen molar-refractivity contribution in [2.75, 3.05) is 19.0 Å². The summed E-state index contributed by atoms with van der Waals surface area (Å²) in [7, 11) is 1.21. The van der Waals surface area contributed by atoms with E-state index in [0.717, 1.165) is 6.07 Å². The number of nitro groups is 1. The fraction of sp³-hybridized carbons (Fsp3) is 0.294. The van der Waals surface area contributed by atoms with Crippen molar-refractivity contribution in [3.63, 3.8) is 0 Å². The molecule has 0 amide bonds. The van der Waals surface area contributed by atoms with Gasteiger partial charge in [-0.15, -0.1) is 0 Å². The molecule has 7 heteroatoms. The van der Waals surface area contributed by atoms with Crippen LogP contribution in [0.5, 0.6) is 0 Å². The van der Waals surface area contributed by atoms with Gasteiger partial charge in [-0.05, 0) is 31.4 Å². The van der Waals surface area contributed by atoms with Crippen LogP contribution in [0.15, 0.2) is 30.5 Å². The summed E-state index contributed by atoms with van der Waals surface area (Å²) >= 11 is 0. The zero-order valence-electron chi connectivity index (χ0n) is 13.8. The number of hydrogen-bond acceptors (Lipinski definition) is 6. The number of aryl methyl sites for hydroxylation is 2. The molecule has 0 unspecified atom stereocenters. The molecule has 0 aliphatic rings. The number of ether oxygens (including phenoxy) is 1. The van der Waals surface area contributed by atoms with Crippen LogP contribution >= 0.6 is 0 Å². The Labute approximate surface area is 139 Å². The summed E-state index contributed by atoms with van der Waals surface area (Å²) in [5, 5.41) is 14.1. The molecule has 1 heterocycles. The zero-order chi connectivity index (χ0) is 17.7. The largest absolute Gasteiger partial charge is 0.465 e. The number of carbonyl (C=O) groups excluding carboxylic acids is 1. The molecule has 1 aromatic heterocycles. The molecule has 0 spiro atoms. The first-order valence-electron chi connectivity index (χ1n) is 7.45. The average molecular weight is 329 g/mol. The lowest BCUT2D eigenvalue weighted by Crippen LogP contribution is -2.11. The van der Waals surface area contributed by atoms with Gasteiger partial charge in [-0.2, -0.15) is 0 Å². The lowest BCUT2D eigenvalue weighted by molar-refractivity contribution is -0.384. The first-order valence-corrected chi connectivity index (χ1v) is 7.45. The molecule has 2 aromatic rings. The van der Waals surface area contributed by atoms with Gasteiger partial charge in [0.05, 0.1) is 17.6 Å². The van der Waals surface area contributed by atoms with Crippen LogP contribution in [0.4, 0.5) is 11.5 Å². The Bertz CT molecular complexity index is 774. The fourth-order valence-electron chi connectivity index (χ4n) is 2.40. The number of rotatable bonds is 6. The molecule has 0 saturated heterocycles. The highest BCUT2D eigenvalue weighted by molar-refractivity contribution is 5.90. The minimum atomic E-state index is -0.660. The third-order valence-corrected chi connectivity index (χ3v) is 3.67. The smallest absolute Gasteiger partial charge is 0.339 e. The van der Waals surface area contributed by atoms with E-state index in [9.17, 15) is 14.9 Å². The highest BCUT2D eigenvalue weighted by atomic mass is 16.6. The van der Waals surface area contributed by atoms with Gasteiger partial charge in [0.25, 0.3) is 0 Å². The molecule has 0 saturated carbocycles. The molecular formula is C17H19N3O4. The number of methoxy groups -OCH3 is 1. The molecule has 0 aliphatic carbocycles. The number of carbonyl (C=O) groups is 1. The third-order valence-electron chi connectivity index (χ3n) is 3.67. The Kier molecular flexibility index (Phi) is 5.47. The molecule has 0 bridgehead atoms. The van der Waals surface area contributed by atoms with E-state index in [1.54, 1.807) is 0 Å². The highest BCUT2D eigenvalue weighted by Crippen LogP contribution is 2.23. The normalized spacial score (nSPS) is 10.3. The van der Waals surface area contributed by atoms with Crippen molar-refractivity contribution in [3.8, 4) is 0 Å². The maximum atomic E-state index is 11.5. The second-order valence-electron chi connectivity index (χ2n) is 5.45. The van der Waals surface area contributed by atoms with Crippen LogP contribution in [-0.2, 0) is 11.2 Å². The van der Waals surface area contributed by atoms with Crippen LogP contribution in [0.3, 0.4) is 0 Å². The lowest BCUT2D eigenvalue weighted by atomic mass is 10.0. The number of benzene rings is 1. The second kappa shape index (κ2) is 7.54. The van der Waals surface area contributed by atoms with E-state index < -0.39 is 10.9 Å². The van der Waals surface area contributed by atoms with Gasteiger partial charge in [-0.3, -0.25) is 10.1 Å². The van der Waals surface area contributed by atoms with Crippen LogP contribution in [0.25, 0.3) is 0 Å². The minimum absolute atomic E-state index is 0.0455. The first kappa shape index (κ1) is 17.4. The Hall–Kier alpha value is -2.96. The lowest BCUT2D eigenvalue weighted by Gasteiger charge is -2.09. The van der Waals surface area contributed by atoms with Crippen molar-refractivity contribution >= 4 is 17.5 Å². The Morgan fingerprint density at radius 2 is 2.08 bits per heavy atom. The van der Waals surface area contributed by atoms with Crippen molar-refractivity contribution in [1.82, 2.24) is 4.98 Å². The van der Waals surface area contributed by atoms with E-state index in [-0.39, 0.29) is 17.1 Å². The average Bonchev–Trinajstić information content (AvgIpc) is 2.56. The SMILES string of the molecule is COC(=O)c1cnc(NCCc2ccc(C)cc2C)c([N+](=O)[O-])c1. The van der Waals surface area contributed by atoms with Gasteiger partial charge in [0.1, 0.15) is 0 Å². The van der Waals surface area contributed by atoms with Crippen LogP contribution in [0.2, 0.25) is 0 Å². The molecule has 24 heavy (non-hydrogen) atoms. The van der Waals surface area contributed by atoms with E-state index >= 15 is 0 Å². The van der Waals surface area contributed by atoms with Crippen molar-refractivity contribution in [2.45, 2.75) is 20.3 Å². The third kappa shape index (κ3) is 4.07. The van der Waals surface area contributed by atoms with Gasteiger partial charge in [0.2, 0.25) is 5.82 Å². The molecule has 2 rings (SSSR count). The predicted molar refractivity (Wildman–Crippen MR) is 90.3 cm³/mol. The summed E-state index contributed by atoms with van der Waals surface area (Å²) in [6, 6.07) is 7.35. The molecular weight excluding hydrogens is 310 g/mol. The Morgan fingerprint density at radius 3 is 2.71 bits per heavy atom. The van der Waals surface area contributed by atoms with E-state index in [1.165, 1.54) is 30.0 Å². The summed E-state index contributed by atoms with van der Waals surface area (Å²) in [5.74, 6) is -0.523. The van der Waals surface area contributed by atoms with Crippen molar-refractivity contribution < 1.29 is 14.5 Å². The van der Waals surface area contributed by atoms with E-state index in [0.29, 0.717) is 13.0 Å². The van der Waals surface area contributed by atoms with Gasteiger partial charge < -0.3 is 10.1 Å². The van der Waals surface area contributed by atoms with Gasteiger partial charge in [0.15, 0.2) is 0 Å². The number of anilines is 1. The van der Waals surface area contributed by atoms with Crippen molar-refractivity contribution in [2.24, 2.45) is 0 Å². The molecule has 0 atom stereocenters. The topological polar surface area (TPSA) is 94.4 Å². The number of hydrogen-bond donors (Lipinski definition) is 1. The number of nitrogens with zero attached hydrogens (tertiary/aromatic N) is 2. The van der Waals surface area contributed by atoms with Gasteiger partial charge in [0, 0.05) is 18.8 Å². The molecule has 0 radical (unpaired) electrons. The van der Waals surface area contributed by atoms with Gasteiger partial charge >= 0.3 is 11.7 Å². The zero-order valence-corrected chi connectivity index (χ0v) is 13.8. The van der Waals surface area contributed by atoms with Crippen molar-refractivity contribution in [3.05, 3.63) is 62.8 Å². The maximum absolute atomic E-state index is 11.5. The first-order chi connectivity index (χ1) is 11.4. The molecule has 126 valence electrons. The molecule has 0 fully saturated rings. The Balaban J connectivity index is 2.11. The quantitative estimate of drug-likeness (QED) is 0.497. The summed E-state index contributed by atoms with van der Waals surface area (Å²) in [5.41, 5.74) is 3.34. The number of aromatic nitrogens is 1. The van der Waals surface area contributed by atoms with Crippen molar-refractivity contribution in [1.29, 1.82) is 0 Å². The molecule has 1 aromatic carbocycles. The standard InChI is InChI=1S/C17H19N3O4/c1-11-4-5-13(12(2)8-11)6-7-18-16-15(20(22)23)9-14(10-19-16)17(21)24-3/h4-5,8-10H,6-7H2,1-3H3,(H,18,19). The van der Waals surface area contributed by atoms with E-state index in [4.69, 9.17) is 0 Å². The van der Waals surface area contributed by atoms with Crippen LogP contribution in [0, 0.1) is 24.0 Å². The summed E-state index contributed by atoms with van der Waals surface area (Å²) in [6.45, 7) is 4.56. The second-order valence-corrected chi connectivity index (χ2v) is 5.45. The number of esters is 1. The molecule has 0 aliphatic heterocycles. The van der Waals surface area contributed by atoms with Gasteiger partial charge in [-0.1, -0.05) is 23.8 Å². The minimum Gasteiger partial charge on any atom is -0.465 e. The summed E-state index contributed by atoms with van der Waals surface area (Å²) in [6.07, 6.45) is 1.97. The molecule has 1 N–H and O–H groups in total. The summed E-state index contributed by atoms with van der Waals surface area (Å²) < 4.78 is 4.55. The fourth-order valence-corrected chi connectivity index (χ4v) is 2.40. The number of pyridine rings is 1. The molecule has 7 nitrogen and oxygen atoms in total. The van der Waals surface area contributed by atoms with Crippen LogP contribution in [-0.4, -0.2) is 29.5 Å². The van der Waals surface area contributed by atoms with Crippen LogP contribution in [0.1, 0.15) is 27.0 Å². The van der Waals surface area contributed by atoms with E-state index in [2.05, 4.69) is 27.2 Å². The highest BCUT2D eigenvalue weighted by Gasteiger charge is 2.19.